The molecule has 0 unspecified atom stereocenters. The molecule has 1 amide bonds. The van der Waals surface area contributed by atoms with Crippen LogP contribution in [0, 0.1) is 17.0 Å². The number of nitro benzene ring substituents is 1. The number of hydrogen-bond donors (Lipinski definition) is 1. The highest BCUT2D eigenvalue weighted by molar-refractivity contribution is 8.00. The molecule has 0 spiro atoms. The van der Waals surface area contributed by atoms with Crippen LogP contribution < -0.4 is 10.1 Å². The second-order valence-electron chi connectivity index (χ2n) is 5.57. The van der Waals surface area contributed by atoms with E-state index in [0.29, 0.717) is 0 Å². The van der Waals surface area contributed by atoms with E-state index in [0.717, 1.165) is 21.8 Å². The minimum absolute atomic E-state index is 0.0361. The molecule has 132 valence electrons. The van der Waals surface area contributed by atoms with Gasteiger partial charge < -0.3 is 10.1 Å². The third-order valence-corrected chi connectivity index (χ3v) is 4.66. The summed E-state index contributed by atoms with van der Waals surface area (Å²) in [6, 6.07) is 11.8. The fourth-order valence-electron chi connectivity index (χ4n) is 2.37. The Hall–Kier alpha value is -2.54. The summed E-state index contributed by atoms with van der Waals surface area (Å²) < 4.78 is 5.35. The molecule has 7 heteroatoms. The number of benzene rings is 2. The van der Waals surface area contributed by atoms with E-state index in [4.69, 9.17) is 4.74 Å². The van der Waals surface area contributed by atoms with Crippen LogP contribution in [0.25, 0.3) is 0 Å². The van der Waals surface area contributed by atoms with Gasteiger partial charge in [-0.3, -0.25) is 14.9 Å². The van der Waals surface area contributed by atoms with Crippen LogP contribution in [0.2, 0.25) is 0 Å². The molecular formula is C18H20N2O4S. The summed E-state index contributed by atoms with van der Waals surface area (Å²) in [6.07, 6.45) is 0. The van der Waals surface area contributed by atoms with E-state index in [9.17, 15) is 14.9 Å². The summed E-state index contributed by atoms with van der Waals surface area (Å²) in [6.45, 7) is 3.90. The maximum absolute atomic E-state index is 12.2. The van der Waals surface area contributed by atoms with Gasteiger partial charge in [0.05, 0.1) is 23.8 Å². The number of thioether (sulfide) groups is 1. The lowest BCUT2D eigenvalue weighted by molar-refractivity contribution is -0.384. The molecule has 0 heterocycles. The van der Waals surface area contributed by atoms with E-state index in [1.807, 2.05) is 32.0 Å². The number of carbonyl (C=O) groups is 1. The molecule has 0 saturated carbocycles. The largest absolute Gasteiger partial charge is 0.496 e. The van der Waals surface area contributed by atoms with Crippen LogP contribution in [-0.4, -0.2) is 23.7 Å². The van der Waals surface area contributed by atoms with Crippen LogP contribution in [0.1, 0.15) is 24.1 Å². The third-order valence-electron chi connectivity index (χ3n) is 3.65. The number of aryl methyl sites for hydroxylation is 1. The number of non-ortho nitro benzene ring substituents is 1. The van der Waals surface area contributed by atoms with Crippen LogP contribution in [0.15, 0.2) is 47.4 Å². The molecule has 6 nitrogen and oxygen atoms in total. The zero-order valence-corrected chi connectivity index (χ0v) is 15.1. The Kier molecular flexibility index (Phi) is 6.41. The summed E-state index contributed by atoms with van der Waals surface area (Å²) in [5, 5.41) is 13.6. The number of nitrogens with one attached hydrogen (secondary N) is 1. The zero-order chi connectivity index (χ0) is 18.4. The number of carbonyl (C=O) groups excluding carboxylic acids is 1. The molecule has 1 N–H and O–H groups in total. The highest BCUT2D eigenvalue weighted by atomic mass is 32.2. The van der Waals surface area contributed by atoms with Crippen molar-refractivity contribution in [2.45, 2.75) is 24.8 Å². The van der Waals surface area contributed by atoms with Crippen molar-refractivity contribution in [3.63, 3.8) is 0 Å². The highest BCUT2D eigenvalue weighted by Gasteiger charge is 2.14. The smallest absolute Gasteiger partial charge is 0.269 e. The quantitative estimate of drug-likeness (QED) is 0.460. The predicted octanol–water partition coefficient (Wildman–Crippen LogP) is 3.88. The maximum Gasteiger partial charge on any atom is 0.269 e. The number of ether oxygens (including phenoxy) is 1. The van der Waals surface area contributed by atoms with Crippen molar-refractivity contribution < 1.29 is 14.5 Å². The molecule has 0 radical (unpaired) electrons. The Morgan fingerprint density at radius 3 is 2.56 bits per heavy atom. The van der Waals surface area contributed by atoms with Crippen LogP contribution in [0.3, 0.4) is 0 Å². The standard InChI is InChI=1S/C18H20N2O4S/c1-12-4-9-17(24-3)16(10-12)13(2)19-18(21)11-25-15-7-5-14(6-8-15)20(22)23/h4-10,13H,11H2,1-3H3,(H,19,21)/t13-/m0/s1. The first-order chi connectivity index (χ1) is 11.9. The number of nitro groups is 1. The lowest BCUT2D eigenvalue weighted by atomic mass is 10.0. The van der Waals surface area contributed by atoms with Gasteiger partial charge in [-0.25, -0.2) is 0 Å². The minimum atomic E-state index is -0.446. The molecule has 1 atom stereocenters. The first-order valence-corrected chi connectivity index (χ1v) is 8.70. The van der Waals surface area contributed by atoms with Crippen molar-refractivity contribution in [2.75, 3.05) is 12.9 Å². The van der Waals surface area contributed by atoms with Gasteiger partial charge in [-0.2, -0.15) is 0 Å². The minimum Gasteiger partial charge on any atom is -0.496 e. The molecule has 0 saturated heterocycles. The van der Waals surface area contributed by atoms with E-state index in [-0.39, 0.29) is 23.4 Å². The van der Waals surface area contributed by atoms with Crippen molar-refractivity contribution in [1.82, 2.24) is 5.32 Å². The fraction of sp³-hybridized carbons (Fsp3) is 0.278. The van der Waals surface area contributed by atoms with Crippen molar-refractivity contribution in [3.8, 4) is 5.75 Å². The topological polar surface area (TPSA) is 81.5 Å². The molecule has 0 aliphatic carbocycles. The summed E-state index contributed by atoms with van der Waals surface area (Å²) in [5.41, 5.74) is 2.06. The highest BCUT2D eigenvalue weighted by Crippen LogP contribution is 2.26. The average Bonchev–Trinajstić information content (AvgIpc) is 2.60. The third kappa shape index (κ3) is 5.22. The Morgan fingerprint density at radius 1 is 1.28 bits per heavy atom. The normalized spacial score (nSPS) is 11.6. The van der Waals surface area contributed by atoms with Crippen molar-refractivity contribution in [2.24, 2.45) is 0 Å². The van der Waals surface area contributed by atoms with Gasteiger partial charge in [-0.15, -0.1) is 11.8 Å². The number of methoxy groups -OCH3 is 1. The Balaban J connectivity index is 1.93. The van der Waals surface area contributed by atoms with E-state index < -0.39 is 4.92 Å². The molecule has 0 aliphatic rings. The van der Waals surface area contributed by atoms with Crippen LogP contribution in [0.4, 0.5) is 5.69 Å². The van der Waals surface area contributed by atoms with Gasteiger partial charge in [0.2, 0.25) is 5.91 Å². The molecule has 25 heavy (non-hydrogen) atoms. The molecule has 2 aromatic carbocycles. The lowest BCUT2D eigenvalue weighted by Crippen LogP contribution is -2.28. The fourth-order valence-corrected chi connectivity index (χ4v) is 3.08. The molecule has 0 aromatic heterocycles. The van der Waals surface area contributed by atoms with Crippen LogP contribution in [-0.2, 0) is 4.79 Å². The van der Waals surface area contributed by atoms with E-state index >= 15 is 0 Å². The maximum atomic E-state index is 12.2. The van der Waals surface area contributed by atoms with Gasteiger partial charge in [-0.05, 0) is 32.0 Å². The Bertz CT molecular complexity index is 762. The summed E-state index contributed by atoms with van der Waals surface area (Å²) in [5.74, 6) is 0.858. The first kappa shape index (κ1) is 18.8. The van der Waals surface area contributed by atoms with E-state index in [2.05, 4.69) is 5.32 Å². The molecule has 2 rings (SSSR count). The SMILES string of the molecule is COc1ccc(C)cc1[C@H](C)NC(=O)CSc1ccc([N+](=O)[O-])cc1. The van der Waals surface area contributed by atoms with Gasteiger partial charge >= 0.3 is 0 Å². The average molecular weight is 360 g/mol. The van der Waals surface area contributed by atoms with E-state index in [1.165, 1.54) is 23.9 Å². The van der Waals surface area contributed by atoms with Gasteiger partial charge in [0, 0.05) is 22.6 Å². The summed E-state index contributed by atoms with van der Waals surface area (Å²) in [7, 11) is 1.60. The van der Waals surface area contributed by atoms with Gasteiger partial charge in [0.15, 0.2) is 0 Å². The summed E-state index contributed by atoms with van der Waals surface area (Å²) in [4.78, 5) is 23.2. The Morgan fingerprint density at radius 2 is 1.96 bits per heavy atom. The molecular weight excluding hydrogens is 340 g/mol. The second kappa shape index (κ2) is 8.53. The number of hydrogen-bond acceptors (Lipinski definition) is 5. The van der Waals surface area contributed by atoms with Crippen LogP contribution in [0.5, 0.6) is 5.75 Å². The number of rotatable bonds is 7. The molecule has 0 aliphatic heterocycles. The monoisotopic (exact) mass is 360 g/mol. The van der Waals surface area contributed by atoms with Gasteiger partial charge in [-0.1, -0.05) is 17.7 Å². The second-order valence-corrected chi connectivity index (χ2v) is 6.62. The molecule has 2 aromatic rings. The first-order valence-electron chi connectivity index (χ1n) is 7.72. The van der Waals surface area contributed by atoms with Crippen molar-refractivity contribution in [1.29, 1.82) is 0 Å². The van der Waals surface area contributed by atoms with Gasteiger partial charge in [0.1, 0.15) is 5.75 Å². The number of amides is 1. The van der Waals surface area contributed by atoms with Gasteiger partial charge in [0.25, 0.3) is 5.69 Å². The molecule has 0 fully saturated rings. The zero-order valence-electron chi connectivity index (χ0n) is 14.3. The lowest BCUT2D eigenvalue weighted by Gasteiger charge is -2.18. The number of nitrogens with zero attached hydrogens (tertiary/aromatic N) is 1. The van der Waals surface area contributed by atoms with Crippen LogP contribution >= 0.6 is 11.8 Å². The predicted molar refractivity (Wildman–Crippen MR) is 98.1 cm³/mol. The Labute approximate surface area is 150 Å². The van der Waals surface area contributed by atoms with Crippen molar-refractivity contribution in [3.05, 3.63) is 63.7 Å². The molecule has 0 bridgehead atoms. The van der Waals surface area contributed by atoms with E-state index in [1.54, 1.807) is 19.2 Å². The van der Waals surface area contributed by atoms with Crippen molar-refractivity contribution >= 4 is 23.4 Å². The summed E-state index contributed by atoms with van der Waals surface area (Å²) >= 11 is 1.33.